The third-order valence-electron chi connectivity index (χ3n) is 6.38. The topological polar surface area (TPSA) is 67.2 Å². The van der Waals surface area contributed by atoms with Crippen molar-refractivity contribution in [3.05, 3.63) is 65.5 Å². The van der Waals surface area contributed by atoms with Crippen LogP contribution in [0.4, 0.5) is 0 Å². The monoisotopic (exact) mass is 446 g/mol. The molecule has 0 atom stereocenters. The highest BCUT2D eigenvalue weighted by Gasteiger charge is 2.17. The first-order chi connectivity index (χ1) is 16.1. The van der Waals surface area contributed by atoms with Gasteiger partial charge in [-0.1, -0.05) is 42.7 Å². The summed E-state index contributed by atoms with van der Waals surface area (Å²) in [5.41, 5.74) is 3.79. The minimum absolute atomic E-state index is 0.0461. The molecule has 1 fully saturated rings. The van der Waals surface area contributed by atoms with E-state index in [0.717, 1.165) is 61.2 Å². The highest BCUT2D eigenvalue weighted by Crippen LogP contribution is 2.19. The standard InChI is InChI=1S/C27H34N4O2/c1-21-10-8-11-22(20-21)27(33)28-16-9-14-25-29-23-12-4-5-13-24(23)31(25)19-15-26(32)30-17-6-2-3-7-18-30/h4-5,8,10-13,20H,2-3,6-7,9,14-19H2,1H3,(H,28,33). The van der Waals surface area contributed by atoms with Gasteiger partial charge in [0, 0.05) is 44.6 Å². The highest BCUT2D eigenvalue weighted by molar-refractivity contribution is 5.94. The zero-order chi connectivity index (χ0) is 23.0. The molecule has 0 spiro atoms. The molecule has 1 N–H and O–H groups in total. The SMILES string of the molecule is Cc1cccc(C(=O)NCCCc2nc3ccccc3n2CCC(=O)N2CCCCCC2)c1. The first-order valence-electron chi connectivity index (χ1n) is 12.2. The number of nitrogens with one attached hydrogen (secondary N) is 1. The lowest BCUT2D eigenvalue weighted by Crippen LogP contribution is -2.32. The van der Waals surface area contributed by atoms with Crippen molar-refractivity contribution >= 4 is 22.8 Å². The van der Waals surface area contributed by atoms with Crippen LogP contribution in [0.5, 0.6) is 0 Å². The van der Waals surface area contributed by atoms with Gasteiger partial charge in [-0.05, 0) is 50.5 Å². The molecule has 4 rings (SSSR count). The maximum atomic E-state index is 12.8. The highest BCUT2D eigenvalue weighted by atomic mass is 16.2. The molecular formula is C27H34N4O2. The van der Waals surface area contributed by atoms with Crippen LogP contribution in [0.1, 0.15) is 60.3 Å². The first kappa shape index (κ1) is 23.0. The number of aryl methyl sites for hydroxylation is 3. The molecule has 1 aliphatic heterocycles. The number of amides is 2. The third-order valence-corrected chi connectivity index (χ3v) is 6.38. The maximum Gasteiger partial charge on any atom is 0.251 e. The van der Waals surface area contributed by atoms with Crippen molar-refractivity contribution in [3.8, 4) is 0 Å². The Kier molecular flexibility index (Phi) is 7.76. The van der Waals surface area contributed by atoms with Crippen LogP contribution in [0.2, 0.25) is 0 Å². The Morgan fingerprint density at radius 3 is 2.58 bits per heavy atom. The quantitative estimate of drug-likeness (QED) is 0.518. The van der Waals surface area contributed by atoms with E-state index in [1.165, 1.54) is 12.8 Å². The van der Waals surface area contributed by atoms with Crippen LogP contribution in [0.25, 0.3) is 11.0 Å². The Morgan fingerprint density at radius 1 is 1.00 bits per heavy atom. The predicted octanol–water partition coefficient (Wildman–Crippen LogP) is 4.50. The molecule has 0 aliphatic carbocycles. The second kappa shape index (κ2) is 11.1. The largest absolute Gasteiger partial charge is 0.352 e. The van der Waals surface area contributed by atoms with Gasteiger partial charge in [-0.15, -0.1) is 0 Å². The number of benzene rings is 2. The van der Waals surface area contributed by atoms with Crippen LogP contribution in [0, 0.1) is 6.92 Å². The minimum atomic E-state index is -0.0461. The normalized spacial score (nSPS) is 14.3. The number of aromatic nitrogens is 2. The Morgan fingerprint density at radius 2 is 1.79 bits per heavy atom. The van der Waals surface area contributed by atoms with Gasteiger partial charge in [0.05, 0.1) is 11.0 Å². The molecule has 2 amide bonds. The number of fused-ring (bicyclic) bond motifs is 1. The van der Waals surface area contributed by atoms with Gasteiger partial charge in [-0.2, -0.15) is 0 Å². The van der Waals surface area contributed by atoms with Gasteiger partial charge in [0.15, 0.2) is 0 Å². The molecule has 33 heavy (non-hydrogen) atoms. The molecule has 3 aromatic rings. The molecule has 2 aromatic carbocycles. The van der Waals surface area contributed by atoms with Gasteiger partial charge >= 0.3 is 0 Å². The summed E-state index contributed by atoms with van der Waals surface area (Å²) >= 11 is 0. The molecule has 1 aromatic heterocycles. The van der Waals surface area contributed by atoms with E-state index in [1.54, 1.807) is 0 Å². The van der Waals surface area contributed by atoms with E-state index in [1.807, 2.05) is 54.3 Å². The summed E-state index contributed by atoms with van der Waals surface area (Å²) in [4.78, 5) is 32.1. The van der Waals surface area contributed by atoms with E-state index in [9.17, 15) is 9.59 Å². The maximum absolute atomic E-state index is 12.8. The van der Waals surface area contributed by atoms with Crippen LogP contribution < -0.4 is 5.32 Å². The fourth-order valence-corrected chi connectivity index (χ4v) is 4.59. The third kappa shape index (κ3) is 6.01. The second-order valence-corrected chi connectivity index (χ2v) is 8.94. The number of carbonyl (C=O) groups excluding carboxylic acids is 2. The summed E-state index contributed by atoms with van der Waals surface area (Å²) in [5, 5.41) is 3.01. The zero-order valence-corrected chi connectivity index (χ0v) is 19.6. The number of hydrogen-bond acceptors (Lipinski definition) is 3. The number of likely N-dealkylation sites (tertiary alicyclic amines) is 1. The average molecular weight is 447 g/mol. The second-order valence-electron chi connectivity index (χ2n) is 8.94. The molecule has 0 bridgehead atoms. The molecule has 1 aliphatic rings. The predicted molar refractivity (Wildman–Crippen MR) is 131 cm³/mol. The van der Waals surface area contributed by atoms with Gasteiger partial charge in [-0.3, -0.25) is 9.59 Å². The summed E-state index contributed by atoms with van der Waals surface area (Å²) in [6.45, 7) is 4.98. The lowest BCUT2D eigenvalue weighted by molar-refractivity contribution is -0.131. The van der Waals surface area contributed by atoms with Gasteiger partial charge < -0.3 is 14.8 Å². The fraction of sp³-hybridized carbons (Fsp3) is 0.444. The Bertz CT molecular complexity index is 1100. The summed E-state index contributed by atoms with van der Waals surface area (Å²) in [5.74, 6) is 1.17. The van der Waals surface area contributed by atoms with Crippen molar-refractivity contribution in [2.75, 3.05) is 19.6 Å². The van der Waals surface area contributed by atoms with Gasteiger partial charge in [0.2, 0.25) is 5.91 Å². The Balaban J connectivity index is 1.36. The Hall–Kier alpha value is -3.15. The van der Waals surface area contributed by atoms with Crippen molar-refractivity contribution in [1.82, 2.24) is 19.8 Å². The first-order valence-corrected chi connectivity index (χ1v) is 12.2. The fourth-order valence-electron chi connectivity index (χ4n) is 4.59. The average Bonchev–Trinajstić information content (AvgIpc) is 2.97. The van der Waals surface area contributed by atoms with Gasteiger partial charge in [0.25, 0.3) is 5.91 Å². The molecule has 174 valence electrons. The number of hydrogen-bond donors (Lipinski definition) is 1. The molecule has 0 radical (unpaired) electrons. The minimum Gasteiger partial charge on any atom is -0.352 e. The van der Waals surface area contributed by atoms with Crippen LogP contribution in [-0.4, -0.2) is 45.9 Å². The molecule has 0 saturated carbocycles. The Labute approximate surface area is 196 Å². The lowest BCUT2D eigenvalue weighted by Gasteiger charge is -2.20. The van der Waals surface area contributed by atoms with Crippen molar-refractivity contribution in [2.24, 2.45) is 0 Å². The van der Waals surface area contributed by atoms with Crippen LogP contribution in [-0.2, 0) is 17.8 Å². The molecule has 6 nitrogen and oxygen atoms in total. The van der Waals surface area contributed by atoms with E-state index in [4.69, 9.17) is 4.98 Å². The van der Waals surface area contributed by atoms with Crippen molar-refractivity contribution in [1.29, 1.82) is 0 Å². The summed E-state index contributed by atoms with van der Waals surface area (Å²) in [6.07, 6.45) is 6.71. The molecule has 6 heteroatoms. The van der Waals surface area contributed by atoms with Gasteiger partial charge in [0.1, 0.15) is 5.82 Å². The van der Waals surface area contributed by atoms with Crippen LogP contribution >= 0.6 is 0 Å². The van der Waals surface area contributed by atoms with Crippen LogP contribution in [0.15, 0.2) is 48.5 Å². The van der Waals surface area contributed by atoms with Crippen molar-refractivity contribution in [2.45, 2.75) is 58.4 Å². The van der Waals surface area contributed by atoms with Crippen molar-refractivity contribution in [3.63, 3.8) is 0 Å². The number of para-hydroxylation sites is 2. The summed E-state index contributed by atoms with van der Waals surface area (Å²) < 4.78 is 2.19. The van der Waals surface area contributed by atoms with E-state index in [2.05, 4.69) is 16.0 Å². The van der Waals surface area contributed by atoms with Gasteiger partial charge in [-0.25, -0.2) is 4.98 Å². The van der Waals surface area contributed by atoms with E-state index in [-0.39, 0.29) is 11.8 Å². The molecule has 2 heterocycles. The number of imidazole rings is 1. The molecular weight excluding hydrogens is 412 g/mol. The van der Waals surface area contributed by atoms with Crippen molar-refractivity contribution < 1.29 is 9.59 Å². The zero-order valence-electron chi connectivity index (χ0n) is 19.6. The van der Waals surface area contributed by atoms with E-state index in [0.29, 0.717) is 25.1 Å². The van der Waals surface area contributed by atoms with E-state index >= 15 is 0 Å². The molecule has 1 saturated heterocycles. The summed E-state index contributed by atoms with van der Waals surface area (Å²) in [6, 6.07) is 15.7. The summed E-state index contributed by atoms with van der Waals surface area (Å²) in [7, 11) is 0. The van der Waals surface area contributed by atoms with Crippen LogP contribution in [0.3, 0.4) is 0 Å². The smallest absolute Gasteiger partial charge is 0.251 e. The van der Waals surface area contributed by atoms with E-state index < -0.39 is 0 Å². The number of rotatable bonds is 8. The molecule has 0 unspecified atom stereocenters. The lowest BCUT2D eigenvalue weighted by atomic mass is 10.1. The number of nitrogens with zero attached hydrogens (tertiary/aromatic N) is 3. The number of carbonyl (C=O) groups is 2.